The second kappa shape index (κ2) is 4.56. The SMILES string of the molecule is Cc1cc(C)c(CC(O)CF)c(C)c1. The van der Waals surface area contributed by atoms with Crippen molar-refractivity contribution in [1.82, 2.24) is 0 Å². The molecule has 0 radical (unpaired) electrons. The highest BCUT2D eigenvalue weighted by Crippen LogP contribution is 2.18. The van der Waals surface area contributed by atoms with E-state index in [1.807, 2.05) is 20.8 Å². The number of hydrogen-bond acceptors (Lipinski definition) is 1. The quantitative estimate of drug-likeness (QED) is 0.787. The molecule has 0 aliphatic rings. The molecule has 1 nitrogen and oxygen atoms in total. The van der Waals surface area contributed by atoms with Gasteiger partial charge in [0.25, 0.3) is 0 Å². The van der Waals surface area contributed by atoms with Crippen LogP contribution < -0.4 is 0 Å². The molecule has 1 rings (SSSR count). The first-order valence-electron chi connectivity index (χ1n) is 4.85. The van der Waals surface area contributed by atoms with Crippen LogP contribution in [-0.4, -0.2) is 17.9 Å². The fourth-order valence-electron chi connectivity index (χ4n) is 1.82. The molecule has 1 unspecified atom stereocenters. The summed E-state index contributed by atoms with van der Waals surface area (Å²) in [6.07, 6.45) is -0.454. The van der Waals surface area contributed by atoms with Crippen LogP contribution in [0.4, 0.5) is 4.39 Å². The minimum Gasteiger partial charge on any atom is -0.390 e. The summed E-state index contributed by atoms with van der Waals surface area (Å²) < 4.78 is 12.2. The molecule has 2 heteroatoms. The Morgan fingerprint density at radius 1 is 1.21 bits per heavy atom. The normalized spacial score (nSPS) is 12.9. The summed E-state index contributed by atoms with van der Waals surface area (Å²) in [5.41, 5.74) is 4.55. The van der Waals surface area contributed by atoms with Crippen molar-refractivity contribution in [1.29, 1.82) is 0 Å². The van der Waals surface area contributed by atoms with Crippen LogP contribution in [-0.2, 0) is 6.42 Å². The van der Waals surface area contributed by atoms with Crippen molar-refractivity contribution in [3.63, 3.8) is 0 Å². The van der Waals surface area contributed by atoms with E-state index in [0.29, 0.717) is 6.42 Å². The van der Waals surface area contributed by atoms with Gasteiger partial charge in [-0.05, 0) is 37.5 Å². The van der Waals surface area contributed by atoms with Crippen molar-refractivity contribution in [3.05, 3.63) is 34.4 Å². The second-order valence-electron chi connectivity index (χ2n) is 3.89. The Morgan fingerprint density at radius 3 is 2.14 bits per heavy atom. The molecule has 0 aromatic heterocycles. The molecular formula is C12H17FO. The molecule has 14 heavy (non-hydrogen) atoms. The van der Waals surface area contributed by atoms with Crippen LogP contribution in [0.2, 0.25) is 0 Å². The zero-order valence-corrected chi connectivity index (χ0v) is 8.97. The lowest BCUT2D eigenvalue weighted by atomic mass is 9.95. The Kier molecular flexibility index (Phi) is 3.64. The molecule has 1 atom stereocenters. The largest absolute Gasteiger partial charge is 0.390 e. The molecule has 0 saturated carbocycles. The molecule has 0 saturated heterocycles. The van der Waals surface area contributed by atoms with Crippen LogP contribution in [0, 0.1) is 20.8 Å². The fraction of sp³-hybridized carbons (Fsp3) is 0.500. The van der Waals surface area contributed by atoms with E-state index >= 15 is 0 Å². The summed E-state index contributed by atoms with van der Waals surface area (Å²) in [6.45, 7) is 5.36. The molecule has 1 aromatic carbocycles. The Labute approximate surface area is 84.6 Å². The van der Waals surface area contributed by atoms with Gasteiger partial charge in [0, 0.05) is 6.42 Å². The average Bonchev–Trinajstić information content (AvgIpc) is 2.10. The minimum atomic E-state index is -0.866. The maximum absolute atomic E-state index is 12.2. The highest BCUT2D eigenvalue weighted by atomic mass is 19.1. The van der Waals surface area contributed by atoms with Gasteiger partial charge in [0.1, 0.15) is 6.67 Å². The van der Waals surface area contributed by atoms with E-state index in [1.54, 1.807) is 0 Å². The average molecular weight is 196 g/mol. The molecule has 0 spiro atoms. The van der Waals surface area contributed by atoms with E-state index in [0.717, 1.165) is 16.7 Å². The second-order valence-corrected chi connectivity index (χ2v) is 3.89. The van der Waals surface area contributed by atoms with Crippen molar-refractivity contribution >= 4 is 0 Å². The van der Waals surface area contributed by atoms with Gasteiger partial charge in [0.2, 0.25) is 0 Å². The number of benzene rings is 1. The lowest BCUT2D eigenvalue weighted by Gasteiger charge is -2.13. The highest BCUT2D eigenvalue weighted by molar-refractivity contribution is 5.37. The Balaban J connectivity index is 2.96. The topological polar surface area (TPSA) is 20.2 Å². The summed E-state index contributed by atoms with van der Waals surface area (Å²) in [4.78, 5) is 0. The zero-order valence-electron chi connectivity index (χ0n) is 8.97. The van der Waals surface area contributed by atoms with Gasteiger partial charge in [-0.15, -0.1) is 0 Å². The molecule has 78 valence electrons. The third kappa shape index (κ3) is 2.55. The van der Waals surface area contributed by atoms with Crippen molar-refractivity contribution < 1.29 is 9.50 Å². The molecule has 0 aliphatic heterocycles. The number of aliphatic hydroxyl groups is 1. The number of halogens is 1. The molecule has 0 bridgehead atoms. The summed E-state index contributed by atoms with van der Waals surface area (Å²) in [5.74, 6) is 0. The molecular weight excluding hydrogens is 179 g/mol. The number of rotatable bonds is 3. The fourth-order valence-corrected chi connectivity index (χ4v) is 1.82. The third-order valence-corrected chi connectivity index (χ3v) is 2.46. The summed E-state index contributed by atoms with van der Waals surface area (Å²) in [5, 5.41) is 9.25. The summed E-state index contributed by atoms with van der Waals surface area (Å²) in [6, 6.07) is 4.13. The van der Waals surface area contributed by atoms with Crippen LogP contribution in [0.1, 0.15) is 22.3 Å². The van der Waals surface area contributed by atoms with Gasteiger partial charge in [-0.2, -0.15) is 0 Å². The van der Waals surface area contributed by atoms with E-state index in [4.69, 9.17) is 0 Å². The van der Waals surface area contributed by atoms with Crippen molar-refractivity contribution in [2.75, 3.05) is 6.67 Å². The van der Waals surface area contributed by atoms with Crippen molar-refractivity contribution in [2.45, 2.75) is 33.3 Å². The minimum absolute atomic E-state index is 0.411. The van der Waals surface area contributed by atoms with Gasteiger partial charge in [0.15, 0.2) is 0 Å². The maximum atomic E-state index is 12.2. The highest BCUT2D eigenvalue weighted by Gasteiger charge is 2.09. The first kappa shape index (κ1) is 11.2. The Hall–Kier alpha value is -0.890. The zero-order chi connectivity index (χ0) is 10.7. The number of hydrogen-bond donors (Lipinski definition) is 1. The maximum Gasteiger partial charge on any atom is 0.116 e. The van der Waals surface area contributed by atoms with Crippen LogP contribution in [0.5, 0.6) is 0 Å². The monoisotopic (exact) mass is 196 g/mol. The molecule has 1 N–H and O–H groups in total. The standard InChI is InChI=1S/C12H17FO/c1-8-4-9(2)12(10(3)5-8)6-11(14)7-13/h4-5,11,14H,6-7H2,1-3H3. The predicted molar refractivity (Wildman–Crippen MR) is 56.3 cm³/mol. The molecule has 0 aliphatic carbocycles. The first-order chi connectivity index (χ1) is 6.54. The smallest absolute Gasteiger partial charge is 0.116 e. The third-order valence-electron chi connectivity index (χ3n) is 2.46. The van der Waals surface area contributed by atoms with Crippen LogP contribution in [0.15, 0.2) is 12.1 Å². The van der Waals surface area contributed by atoms with Gasteiger partial charge in [-0.3, -0.25) is 0 Å². The van der Waals surface area contributed by atoms with Gasteiger partial charge in [0.05, 0.1) is 6.10 Å². The molecule has 1 aromatic rings. The van der Waals surface area contributed by atoms with Gasteiger partial charge in [-0.25, -0.2) is 4.39 Å². The van der Waals surface area contributed by atoms with Crippen LogP contribution in [0.25, 0.3) is 0 Å². The van der Waals surface area contributed by atoms with Crippen LogP contribution >= 0.6 is 0 Å². The number of alkyl halides is 1. The lowest BCUT2D eigenvalue weighted by Crippen LogP contribution is -2.14. The van der Waals surface area contributed by atoms with Gasteiger partial charge < -0.3 is 5.11 Å². The summed E-state index contributed by atoms with van der Waals surface area (Å²) >= 11 is 0. The number of aliphatic hydroxyl groups excluding tert-OH is 1. The lowest BCUT2D eigenvalue weighted by molar-refractivity contribution is 0.140. The summed E-state index contributed by atoms with van der Waals surface area (Å²) in [7, 11) is 0. The van der Waals surface area contributed by atoms with Crippen molar-refractivity contribution in [2.24, 2.45) is 0 Å². The number of aryl methyl sites for hydroxylation is 3. The first-order valence-corrected chi connectivity index (χ1v) is 4.85. The van der Waals surface area contributed by atoms with Crippen LogP contribution in [0.3, 0.4) is 0 Å². The van der Waals surface area contributed by atoms with E-state index < -0.39 is 12.8 Å². The predicted octanol–water partition coefficient (Wildman–Crippen LogP) is 2.48. The van der Waals surface area contributed by atoms with Crippen molar-refractivity contribution in [3.8, 4) is 0 Å². The van der Waals surface area contributed by atoms with E-state index in [9.17, 15) is 9.50 Å². The molecule has 0 fully saturated rings. The van der Waals surface area contributed by atoms with Gasteiger partial charge >= 0.3 is 0 Å². The van der Waals surface area contributed by atoms with E-state index in [2.05, 4.69) is 12.1 Å². The van der Waals surface area contributed by atoms with E-state index in [1.165, 1.54) is 5.56 Å². The Morgan fingerprint density at radius 2 is 1.71 bits per heavy atom. The Bertz CT molecular complexity index is 297. The molecule has 0 amide bonds. The van der Waals surface area contributed by atoms with Gasteiger partial charge in [-0.1, -0.05) is 17.7 Å². The van der Waals surface area contributed by atoms with E-state index in [-0.39, 0.29) is 0 Å². The molecule has 0 heterocycles.